The van der Waals surface area contributed by atoms with E-state index in [1.165, 1.54) is 0 Å². The van der Waals surface area contributed by atoms with Gasteiger partial charge >= 0.3 is 0 Å². The molecule has 0 saturated heterocycles. The molecule has 17 heavy (non-hydrogen) atoms. The van der Waals surface area contributed by atoms with Gasteiger partial charge in [-0.3, -0.25) is 0 Å². The van der Waals surface area contributed by atoms with Gasteiger partial charge in [0.05, 0.1) is 13.2 Å². The molecule has 0 aromatic carbocycles. The van der Waals surface area contributed by atoms with E-state index in [1.54, 1.807) is 6.07 Å². The first kappa shape index (κ1) is 13.4. The topological polar surface area (TPSA) is 131 Å². The molecule has 8 nitrogen and oxygen atoms in total. The van der Waals surface area contributed by atoms with Crippen molar-refractivity contribution in [1.82, 2.24) is 9.97 Å². The third-order valence-electron chi connectivity index (χ3n) is 1.90. The fraction of sp³-hybridized carbons (Fsp3) is 0.556. The van der Waals surface area contributed by atoms with Gasteiger partial charge in [-0.25, -0.2) is 5.84 Å². The second-order valence-electron chi connectivity index (χ2n) is 3.26. The van der Waals surface area contributed by atoms with Crippen molar-refractivity contribution in [2.75, 3.05) is 42.8 Å². The Morgan fingerprint density at radius 1 is 1.29 bits per heavy atom. The van der Waals surface area contributed by atoms with Gasteiger partial charge < -0.3 is 26.3 Å². The Morgan fingerprint density at radius 3 is 2.76 bits per heavy atom. The number of nitrogens with two attached hydrogens (primary N) is 2. The Kier molecular flexibility index (Phi) is 6.00. The normalized spacial score (nSPS) is 10.2. The Balaban J connectivity index is 2.28. The summed E-state index contributed by atoms with van der Waals surface area (Å²) < 4.78 is 5.11. The first-order chi connectivity index (χ1) is 8.26. The zero-order chi connectivity index (χ0) is 12.5. The lowest BCUT2D eigenvalue weighted by Crippen LogP contribution is -2.13. The lowest BCUT2D eigenvalue weighted by molar-refractivity contribution is 0.0922. The number of hydrogen-bond donors (Lipinski definition) is 5. The van der Waals surface area contributed by atoms with Gasteiger partial charge in [0, 0.05) is 19.2 Å². The predicted molar refractivity (Wildman–Crippen MR) is 65.3 cm³/mol. The monoisotopic (exact) mass is 242 g/mol. The highest BCUT2D eigenvalue weighted by molar-refractivity contribution is 5.50. The van der Waals surface area contributed by atoms with E-state index < -0.39 is 0 Å². The summed E-state index contributed by atoms with van der Waals surface area (Å²) in [6.07, 6.45) is 0.801. The van der Waals surface area contributed by atoms with Gasteiger partial charge in [0.1, 0.15) is 11.6 Å². The number of nitrogen functional groups attached to an aromatic ring is 2. The summed E-state index contributed by atoms with van der Waals surface area (Å²) in [5, 5.41) is 11.6. The maximum atomic E-state index is 8.50. The fourth-order valence-electron chi connectivity index (χ4n) is 1.19. The first-order valence-electron chi connectivity index (χ1n) is 5.30. The van der Waals surface area contributed by atoms with Crippen molar-refractivity contribution in [3.8, 4) is 0 Å². The van der Waals surface area contributed by atoms with Crippen LogP contribution in [0.5, 0.6) is 0 Å². The second-order valence-corrected chi connectivity index (χ2v) is 3.26. The standard InChI is InChI=1S/C9H18N6O2/c10-9-13-7(6-8(14-9)15-11)12-2-1-4-17-5-3-16/h6,16H,1-5,11H2,(H4,10,12,13,14,15). The Bertz CT molecular complexity index is 335. The molecule has 7 N–H and O–H groups in total. The maximum Gasteiger partial charge on any atom is 0.223 e. The van der Waals surface area contributed by atoms with E-state index in [-0.39, 0.29) is 12.6 Å². The zero-order valence-corrected chi connectivity index (χ0v) is 9.52. The minimum atomic E-state index is 0.0431. The minimum absolute atomic E-state index is 0.0431. The molecule has 0 bridgehead atoms. The molecule has 1 rings (SSSR count). The van der Waals surface area contributed by atoms with Crippen LogP contribution in [0.4, 0.5) is 17.6 Å². The first-order valence-corrected chi connectivity index (χ1v) is 5.30. The summed E-state index contributed by atoms with van der Waals surface area (Å²) in [5.41, 5.74) is 7.90. The number of hydrazine groups is 1. The van der Waals surface area contributed by atoms with Gasteiger partial charge in [0.25, 0.3) is 0 Å². The molecule has 1 aromatic heterocycles. The molecule has 0 amide bonds. The molecule has 96 valence electrons. The molecule has 1 aromatic rings. The van der Waals surface area contributed by atoms with Crippen LogP contribution in [0.15, 0.2) is 6.07 Å². The van der Waals surface area contributed by atoms with Crippen LogP contribution in [0.2, 0.25) is 0 Å². The Labute approximate surface area is 99.4 Å². The number of nitrogens with zero attached hydrogens (tertiary/aromatic N) is 2. The predicted octanol–water partition coefficient (Wildman–Crippen LogP) is -0.845. The van der Waals surface area contributed by atoms with Crippen LogP contribution in [0.1, 0.15) is 6.42 Å². The van der Waals surface area contributed by atoms with E-state index in [2.05, 4.69) is 20.7 Å². The molecule has 8 heteroatoms. The molecule has 0 aliphatic carbocycles. The number of ether oxygens (including phenoxy) is 1. The molecular weight excluding hydrogens is 224 g/mol. The quantitative estimate of drug-likeness (QED) is 0.226. The van der Waals surface area contributed by atoms with E-state index in [0.717, 1.165) is 6.42 Å². The average molecular weight is 242 g/mol. The van der Waals surface area contributed by atoms with Crippen molar-refractivity contribution in [2.24, 2.45) is 5.84 Å². The largest absolute Gasteiger partial charge is 0.394 e. The molecule has 0 radical (unpaired) electrons. The highest BCUT2D eigenvalue weighted by atomic mass is 16.5. The molecule has 0 atom stereocenters. The molecule has 0 aliphatic heterocycles. The van der Waals surface area contributed by atoms with Crippen molar-refractivity contribution in [3.05, 3.63) is 6.07 Å². The number of aliphatic hydroxyl groups excluding tert-OH is 1. The molecule has 0 unspecified atom stereocenters. The number of rotatable bonds is 8. The van der Waals surface area contributed by atoms with Crippen LogP contribution in [0, 0.1) is 0 Å². The van der Waals surface area contributed by atoms with Crippen molar-refractivity contribution in [3.63, 3.8) is 0 Å². The molecule has 1 heterocycles. The number of anilines is 3. The number of hydrogen-bond acceptors (Lipinski definition) is 8. The van der Waals surface area contributed by atoms with Crippen molar-refractivity contribution in [2.45, 2.75) is 6.42 Å². The summed E-state index contributed by atoms with van der Waals surface area (Å²) in [7, 11) is 0. The molecule has 0 saturated carbocycles. The molecule has 0 aliphatic rings. The maximum absolute atomic E-state index is 8.50. The molecular formula is C9H18N6O2. The molecule has 0 spiro atoms. The number of aromatic nitrogens is 2. The minimum Gasteiger partial charge on any atom is -0.394 e. The van der Waals surface area contributed by atoms with Crippen LogP contribution < -0.4 is 22.3 Å². The van der Waals surface area contributed by atoms with E-state index >= 15 is 0 Å². The third kappa shape index (κ3) is 5.29. The lowest BCUT2D eigenvalue weighted by atomic mass is 10.4. The lowest BCUT2D eigenvalue weighted by Gasteiger charge is -2.08. The van der Waals surface area contributed by atoms with Crippen LogP contribution in [0.3, 0.4) is 0 Å². The van der Waals surface area contributed by atoms with Gasteiger partial charge in [0.2, 0.25) is 5.95 Å². The van der Waals surface area contributed by atoms with E-state index in [4.69, 9.17) is 21.4 Å². The van der Waals surface area contributed by atoms with Gasteiger partial charge in [-0.2, -0.15) is 9.97 Å². The van der Waals surface area contributed by atoms with Crippen LogP contribution >= 0.6 is 0 Å². The van der Waals surface area contributed by atoms with E-state index in [0.29, 0.717) is 31.4 Å². The summed E-state index contributed by atoms with van der Waals surface area (Å²) in [4.78, 5) is 7.85. The number of aliphatic hydroxyl groups is 1. The molecule has 0 fully saturated rings. The van der Waals surface area contributed by atoms with Gasteiger partial charge in [-0.05, 0) is 6.42 Å². The summed E-state index contributed by atoms with van der Waals surface area (Å²) in [6, 6.07) is 1.66. The third-order valence-corrected chi connectivity index (χ3v) is 1.90. The van der Waals surface area contributed by atoms with Crippen LogP contribution in [-0.4, -0.2) is 41.4 Å². The van der Waals surface area contributed by atoms with Crippen molar-refractivity contribution in [1.29, 1.82) is 0 Å². The summed E-state index contributed by atoms with van der Waals surface area (Å²) >= 11 is 0. The average Bonchev–Trinajstić information content (AvgIpc) is 2.33. The Morgan fingerprint density at radius 2 is 2.06 bits per heavy atom. The summed E-state index contributed by atoms with van der Waals surface area (Å²) in [6.45, 7) is 1.67. The zero-order valence-electron chi connectivity index (χ0n) is 9.52. The summed E-state index contributed by atoms with van der Waals surface area (Å²) in [5.74, 6) is 6.44. The fourth-order valence-corrected chi connectivity index (χ4v) is 1.19. The van der Waals surface area contributed by atoms with Gasteiger partial charge in [-0.1, -0.05) is 0 Å². The van der Waals surface area contributed by atoms with Crippen LogP contribution in [0.25, 0.3) is 0 Å². The Hall–Kier alpha value is -1.64. The second kappa shape index (κ2) is 7.60. The van der Waals surface area contributed by atoms with E-state index in [9.17, 15) is 0 Å². The smallest absolute Gasteiger partial charge is 0.223 e. The van der Waals surface area contributed by atoms with Crippen LogP contribution in [-0.2, 0) is 4.74 Å². The van der Waals surface area contributed by atoms with Gasteiger partial charge in [-0.15, -0.1) is 0 Å². The highest BCUT2D eigenvalue weighted by Crippen LogP contribution is 2.10. The SMILES string of the molecule is NNc1cc(NCCCOCCO)nc(N)n1. The van der Waals surface area contributed by atoms with Gasteiger partial charge in [0.15, 0.2) is 0 Å². The van der Waals surface area contributed by atoms with Crippen molar-refractivity contribution < 1.29 is 9.84 Å². The van der Waals surface area contributed by atoms with E-state index in [1.807, 2.05) is 0 Å². The van der Waals surface area contributed by atoms with Crippen molar-refractivity contribution >= 4 is 17.6 Å². The highest BCUT2D eigenvalue weighted by Gasteiger charge is 2.00. The number of nitrogens with one attached hydrogen (secondary N) is 2.